The molecule has 0 saturated carbocycles. The van der Waals surface area contributed by atoms with E-state index in [2.05, 4.69) is 66.7 Å². The van der Waals surface area contributed by atoms with Crippen molar-refractivity contribution in [2.45, 2.75) is 19.4 Å². The lowest BCUT2D eigenvalue weighted by Gasteiger charge is -2.19. The van der Waals surface area contributed by atoms with E-state index in [0.717, 1.165) is 18.7 Å². The smallest absolute Gasteiger partial charge is 0.0839 e. The summed E-state index contributed by atoms with van der Waals surface area (Å²) in [5.41, 5.74) is 3.53. The second-order valence-corrected chi connectivity index (χ2v) is 5.29. The molecule has 0 bridgehead atoms. The lowest BCUT2D eigenvalue weighted by Crippen LogP contribution is -2.23. The Morgan fingerprint density at radius 1 is 1.20 bits per heavy atom. The van der Waals surface area contributed by atoms with Gasteiger partial charge >= 0.3 is 0 Å². The second-order valence-electron chi connectivity index (χ2n) is 5.29. The fourth-order valence-electron chi connectivity index (χ4n) is 2.23. The number of aryl methyl sites for hydroxylation is 1. The number of rotatable bonds is 6. The maximum absolute atomic E-state index is 4.54. The predicted octanol–water partition coefficient (Wildman–Crippen LogP) is 2.58. The molecule has 1 heterocycles. The first kappa shape index (κ1) is 14.6. The molecule has 20 heavy (non-hydrogen) atoms. The van der Waals surface area contributed by atoms with Crippen molar-refractivity contribution in [1.82, 2.24) is 15.1 Å². The number of hydrogen-bond donors (Lipinski definition) is 1. The Labute approximate surface area is 121 Å². The molecule has 1 aromatic carbocycles. The van der Waals surface area contributed by atoms with Crippen LogP contribution < -0.4 is 10.2 Å². The van der Waals surface area contributed by atoms with Crippen LogP contribution >= 0.6 is 0 Å². The highest BCUT2D eigenvalue weighted by atomic mass is 15.3. The molecule has 0 amide bonds. The summed E-state index contributed by atoms with van der Waals surface area (Å²) in [5.74, 6) is 0. The molecule has 1 unspecified atom stereocenters. The Bertz CT molecular complexity index is 528. The van der Waals surface area contributed by atoms with E-state index in [4.69, 9.17) is 0 Å². The summed E-state index contributed by atoms with van der Waals surface area (Å²) in [7, 11) is 6.07. The second kappa shape index (κ2) is 6.57. The van der Waals surface area contributed by atoms with E-state index >= 15 is 0 Å². The molecule has 1 N–H and O–H groups in total. The van der Waals surface area contributed by atoms with Gasteiger partial charge in [0.2, 0.25) is 0 Å². The number of nitrogens with zero attached hydrogens (tertiary/aromatic N) is 3. The summed E-state index contributed by atoms with van der Waals surface area (Å²) in [4.78, 5) is 2.11. The molecular formula is C16H24N4. The molecule has 0 fully saturated rings. The highest BCUT2D eigenvalue weighted by molar-refractivity contribution is 5.47. The van der Waals surface area contributed by atoms with Gasteiger partial charge in [-0.2, -0.15) is 5.10 Å². The van der Waals surface area contributed by atoms with Crippen LogP contribution in [0.1, 0.15) is 30.6 Å². The maximum Gasteiger partial charge on any atom is 0.0839 e. The third kappa shape index (κ3) is 3.39. The van der Waals surface area contributed by atoms with Gasteiger partial charge in [-0.05, 0) is 36.7 Å². The largest absolute Gasteiger partial charge is 0.378 e. The first-order chi connectivity index (χ1) is 9.61. The van der Waals surface area contributed by atoms with Gasteiger partial charge in [-0.25, -0.2) is 0 Å². The number of aromatic nitrogens is 2. The highest BCUT2D eigenvalue weighted by Crippen LogP contribution is 2.23. The van der Waals surface area contributed by atoms with Crippen LogP contribution in [0, 0.1) is 0 Å². The highest BCUT2D eigenvalue weighted by Gasteiger charge is 2.15. The zero-order valence-electron chi connectivity index (χ0n) is 12.8. The van der Waals surface area contributed by atoms with Crippen molar-refractivity contribution in [3.05, 3.63) is 47.8 Å². The minimum absolute atomic E-state index is 0.160. The lowest BCUT2D eigenvalue weighted by molar-refractivity contribution is 0.575. The fourth-order valence-corrected chi connectivity index (χ4v) is 2.23. The van der Waals surface area contributed by atoms with Crippen molar-refractivity contribution in [1.29, 1.82) is 0 Å². The van der Waals surface area contributed by atoms with Crippen LogP contribution in [0.3, 0.4) is 0 Å². The van der Waals surface area contributed by atoms with Gasteiger partial charge in [-0.1, -0.05) is 19.1 Å². The number of anilines is 1. The van der Waals surface area contributed by atoms with Gasteiger partial charge in [0.15, 0.2) is 0 Å². The number of hydrogen-bond acceptors (Lipinski definition) is 3. The first-order valence-corrected chi connectivity index (χ1v) is 7.12. The van der Waals surface area contributed by atoms with Crippen LogP contribution in [0.4, 0.5) is 5.69 Å². The standard InChI is InChI=1S/C16H24N4/c1-5-11-17-16(15-10-12-20(4)18-15)13-6-8-14(9-7-13)19(2)3/h6-10,12,16-17H,5,11H2,1-4H3. The number of nitrogens with one attached hydrogen (secondary N) is 1. The quantitative estimate of drug-likeness (QED) is 0.877. The Morgan fingerprint density at radius 3 is 2.40 bits per heavy atom. The van der Waals surface area contributed by atoms with Crippen LogP contribution in [0.15, 0.2) is 36.5 Å². The van der Waals surface area contributed by atoms with Gasteiger partial charge in [0.1, 0.15) is 0 Å². The third-order valence-corrected chi connectivity index (χ3v) is 3.37. The van der Waals surface area contributed by atoms with Crippen LogP contribution in [0.25, 0.3) is 0 Å². The molecule has 2 rings (SSSR count). The van der Waals surface area contributed by atoms with E-state index in [0.29, 0.717) is 0 Å². The van der Waals surface area contributed by atoms with Gasteiger partial charge in [-0.15, -0.1) is 0 Å². The molecule has 0 spiro atoms. The van der Waals surface area contributed by atoms with Crippen LogP contribution in [-0.4, -0.2) is 30.4 Å². The Morgan fingerprint density at radius 2 is 1.90 bits per heavy atom. The Hall–Kier alpha value is -1.81. The molecular weight excluding hydrogens is 248 g/mol. The average molecular weight is 272 g/mol. The van der Waals surface area contributed by atoms with Gasteiger partial charge in [0.05, 0.1) is 11.7 Å². The molecule has 1 atom stereocenters. The van der Waals surface area contributed by atoms with E-state index in [9.17, 15) is 0 Å². The minimum Gasteiger partial charge on any atom is -0.378 e. The van der Waals surface area contributed by atoms with Crippen molar-refractivity contribution in [2.75, 3.05) is 25.5 Å². The Balaban J connectivity index is 2.26. The summed E-state index contributed by atoms with van der Waals surface area (Å²) in [6.07, 6.45) is 3.10. The van der Waals surface area contributed by atoms with Gasteiger partial charge in [0.25, 0.3) is 0 Å². The van der Waals surface area contributed by atoms with E-state index in [1.54, 1.807) is 0 Å². The first-order valence-electron chi connectivity index (χ1n) is 7.12. The lowest BCUT2D eigenvalue weighted by atomic mass is 10.0. The molecule has 0 radical (unpaired) electrons. The van der Waals surface area contributed by atoms with Crippen molar-refractivity contribution >= 4 is 5.69 Å². The molecule has 108 valence electrons. The predicted molar refractivity (Wildman–Crippen MR) is 84.1 cm³/mol. The van der Waals surface area contributed by atoms with Crippen molar-refractivity contribution in [3.8, 4) is 0 Å². The molecule has 0 saturated heterocycles. The normalized spacial score (nSPS) is 12.4. The SMILES string of the molecule is CCCNC(c1ccc(N(C)C)cc1)c1ccn(C)n1. The van der Waals surface area contributed by atoms with E-state index < -0.39 is 0 Å². The zero-order chi connectivity index (χ0) is 14.5. The van der Waals surface area contributed by atoms with E-state index in [1.165, 1.54) is 11.3 Å². The molecule has 4 nitrogen and oxygen atoms in total. The summed E-state index contributed by atoms with van der Waals surface area (Å²) in [6, 6.07) is 10.9. The van der Waals surface area contributed by atoms with Gasteiger partial charge < -0.3 is 10.2 Å². The number of benzene rings is 1. The molecule has 0 aliphatic carbocycles. The monoisotopic (exact) mass is 272 g/mol. The average Bonchev–Trinajstić information content (AvgIpc) is 2.86. The molecule has 0 aliphatic rings. The van der Waals surface area contributed by atoms with E-state index in [1.807, 2.05) is 17.9 Å². The Kier molecular flexibility index (Phi) is 4.79. The fraction of sp³-hybridized carbons (Fsp3) is 0.438. The maximum atomic E-state index is 4.54. The topological polar surface area (TPSA) is 33.1 Å². The van der Waals surface area contributed by atoms with Gasteiger partial charge in [-0.3, -0.25) is 4.68 Å². The summed E-state index contributed by atoms with van der Waals surface area (Å²) < 4.78 is 1.85. The van der Waals surface area contributed by atoms with Crippen molar-refractivity contribution < 1.29 is 0 Å². The van der Waals surface area contributed by atoms with Crippen LogP contribution in [0.5, 0.6) is 0 Å². The van der Waals surface area contributed by atoms with Crippen LogP contribution in [0.2, 0.25) is 0 Å². The zero-order valence-corrected chi connectivity index (χ0v) is 12.8. The van der Waals surface area contributed by atoms with Crippen molar-refractivity contribution in [2.24, 2.45) is 7.05 Å². The van der Waals surface area contributed by atoms with E-state index in [-0.39, 0.29) is 6.04 Å². The minimum atomic E-state index is 0.160. The molecule has 4 heteroatoms. The third-order valence-electron chi connectivity index (χ3n) is 3.37. The molecule has 2 aromatic rings. The molecule has 0 aliphatic heterocycles. The van der Waals surface area contributed by atoms with Gasteiger partial charge in [0, 0.05) is 33.0 Å². The summed E-state index contributed by atoms with van der Waals surface area (Å²) in [6.45, 7) is 3.16. The summed E-state index contributed by atoms with van der Waals surface area (Å²) >= 11 is 0. The van der Waals surface area contributed by atoms with Crippen LogP contribution in [-0.2, 0) is 7.05 Å². The summed E-state index contributed by atoms with van der Waals surface area (Å²) in [5, 5.41) is 8.12. The molecule has 1 aromatic heterocycles. The van der Waals surface area contributed by atoms with Crippen molar-refractivity contribution in [3.63, 3.8) is 0 Å².